The van der Waals surface area contributed by atoms with Gasteiger partial charge in [0.2, 0.25) is 5.95 Å². The molecule has 6 heteroatoms. The van der Waals surface area contributed by atoms with Crippen molar-refractivity contribution in [3.8, 4) is 28.6 Å². The van der Waals surface area contributed by atoms with Gasteiger partial charge < -0.3 is 9.13 Å². The zero-order valence-corrected chi connectivity index (χ0v) is 27.5. The van der Waals surface area contributed by atoms with Crippen molar-refractivity contribution in [3.63, 3.8) is 0 Å². The van der Waals surface area contributed by atoms with Gasteiger partial charge in [0.15, 0.2) is 0 Å². The molecule has 0 spiro atoms. The van der Waals surface area contributed by atoms with Crippen molar-refractivity contribution < 1.29 is 0 Å². The Bertz CT molecular complexity index is 3090. The molecule has 0 N–H and O–H groups in total. The third-order valence-electron chi connectivity index (χ3n) is 10.0. The van der Waals surface area contributed by atoms with E-state index in [1.54, 1.807) is 11.3 Å². The fourth-order valence-electron chi connectivity index (χ4n) is 7.90. The predicted molar refractivity (Wildman–Crippen MR) is 208 cm³/mol. The summed E-state index contributed by atoms with van der Waals surface area (Å²) in [5, 5.41) is 11.3. The molecule has 11 aromatic rings. The summed E-state index contributed by atoms with van der Waals surface area (Å²) in [7, 11) is 0. The minimum Gasteiger partial charge on any atom is -0.316 e. The van der Waals surface area contributed by atoms with Crippen LogP contribution in [0, 0.1) is 0 Å². The number of para-hydroxylation sites is 5. The molecule has 0 aliphatic carbocycles. The summed E-state index contributed by atoms with van der Waals surface area (Å²) < 4.78 is 6.92. The van der Waals surface area contributed by atoms with Crippen molar-refractivity contribution in [1.82, 2.24) is 23.7 Å². The standard InChI is InChI=1S/C44H27N5S/c1-3-12-28(13-4-1)47-25-24-34-38(47)23-22-33-31-17-8-10-21-40(31)49(42(33)34)44-45-37-27-50-26-36(37)41(46-44)35-19-11-18-32-30-16-7-9-20-39(30)48(43(32)35)29-14-5-2-6-15-29/h1-27H. The summed E-state index contributed by atoms with van der Waals surface area (Å²) in [6.45, 7) is 0. The first-order valence-electron chi connectivity index (χ1n) is 16.7. The minimum atomic E-state index is 0.663. The summed E-state index contributed by atoms with van der Waals surface area (Å²) in [5.74, 6) is 0.663. The molecule has 0 amide bonds. The molecule has 0 aliphatic heterocycles. The lowest BCUT2D eigenvalue weighted by atomic mass is 10.0. The first kappa shape index (κ1) is 27.5. The highest BCUT2D eigenvalue weighted by Crippen LogP contribution is 2.42. The van der Waals surface area contributed by atoms with Gasteiger partial charge in [-0.1, -0.05) is 97.1 Å². The van der Waals surface area contributed by atoms with E-state index in [0.29, 0.717) is 5.95 Å². The van der Waals surface area contributed by atoms with Crippen LogP contribution in [0.4, 0.5) is 0 Å². The number of thiophene rings is 1. The Hall–Kier alpha value is -6.50. The molecule has 0 saturated carbocycles. The van der Waals surface area contributed by atoms with Crippen molar-refractivity contribution in [2.45, 2.75) is 0 Å². The van der Waals surface area contributed by atoms with Crippen LogP contribution >= 0.6 is 11.3 Å². The van der Waals surface area contributed by atoms with Crippen LogP contribution < -0.4 is 0 Å². The van der Waals surface area contributed by atoms with Gasteiger partial charge in [-0.3, -0.25) is 4.57 Å². The molecule has 0 atom stereocenters. The molecule has 50 heavy (non-hydrogen) atoms. The van der Waals surface area contributed by atoms with Gasteiger partial charge in [-0.25, -0.2) is 9.97 Å². The summed E-state index contributed by atoms with van der Waals surface area (Å²) in [5.41, 5.74) is 10.8. The van der Waals surface area contributed by atoms with E-state index in [1.807, 2.05) is 0 Å². The van der Waals surface area contributed by atoms with Gasteiger partial charge in [-0.05, 0) is 48.5 Å². The van der Waals surface area contributed by atoms with Crippen LogP contribution in [0.3, 0.4) is 0 Å². The maximum Gasteiger partial charge on any atom is 0.235 e. The molecule has 0 fully saturated rings. The molecule has 0 radical (unpaired) electrons. The van der Waals surface area contributed by atoms with Crippen LogP contribution in [0.15, 0.2) is 163 Å². The zero-order chi connectivity index (χ0) is 32.8. The summed E-state index contributed by atoms with van der Waals surface area (Å²) in [4.78, 5) is 10.8. The highest BCUT2D eigenvalue weighted by atomic mass is 32.1. The molecule has 5 nitrogen and oxygen atoms in total. The monoisotopic (exact) mass is 657 g/mol. The highest BCUT2D eigenvalue weighted by Gasteiger charge is 2.23. The van der Waals surface area contributed by atoms with Crippen molar-refractivity contribution in [2.24, 2.45) is 0 Å². The quantitative estimate of drug-likeness (QED) is 0.189. The molecule has 0 aliphatic rings. The number of hydrogen-bond donors (Lipinski definition) is 0. The molecule has 234 valence electrons. The summed E-state index contributed by atoms with van der Waals surface area (Å²) in [6, 6.07) is 51.8. The van der Waals surface area contributed by atoms with Gasteiger partial charge in [0, 0.05) is 66.2 Å². The van der Waals surface area contributed by atoms with Gasteiger partial charge in [-0.15, -0.1) is 11.3 Å². The number of nitrogens with zero attached hydrogens (tertiary/aromatic N) is 5. The van der Waals surface area contributed by atoms with E-state index in [4.69, 9.17) is 9.97 Å². The summed E-state index contributed by atoms with van der Waals surface area (Å²) in [6.07, 6.45) is 2.17. The maximum atomic E-state index is 5.55. The van der Waals surface area contributed by atoms with Crippen LogP contribution in [0.2, 0.25) is 0 Å². The second kappa shape index (κ2) is 10.5. The zero-order valence-electron chi connectivity index (χ0n) is 26.7. The van der Waals surface area contributed by atoms with E-state index in [9.17, 15) is 0 Å². The van der Waals surface area contributed by atoms with Crippen LogP contribution in [-0.4, -0.2) is 23.7 Å². The van der Waals surface area contributed by atoms with Crippen LogP contribution in [0.1, 0.15) is 0 Å². The molecule has 11 rings (SSSR count). The Morgan fingerprint density at radius 1 is 0.420 bits per heavy atom. The van der Waals surface area contributed by atoms with E-state index in [0.717, 1.165) is 61.0 Å². The number of rotatable bonds is 4. The topological polar surface area (TPSA) is 40.6 Å². The van der Waals surface area contributed by atoms with Crippen LogP contribution in [0.25, 0.3) is 94.0 Å². The molecule has 5 heterocycles. The molecule has 0 bridgehead atoms. The molecular weight excluding hydrogens is 631 g/mol. The first-order chi connectivity index (χ1) is 24.8. The molecule has 0 unspecified atom stereocenters. The highest BCUT2D eigenvalue weighted by molar-refractivity contribution is 7.09. The third kappa shape index (κ3) is 3.82. The second-order valence-electron chi connectivity index (χ2n) is 12.7. The Morgan fingerprint density at radius 3 is 1.86 bits per heavy atom. The normalized spacial score (nSPS) is 12.0. The van der Waals surface area contributed by atoms with Crippen molar-refractivity contribution in [1.29, 1.82) is 0 Å². The number of benzene rings is 6. The molecular formula is C44H27N5S. The van der Waals surface area contributed by atoms with E-state index in [1.165, 1.54) is 27.1 Å². The largest absolute Gasteiger partial charge is 0.316 e. The van der Waals surface area contributed by atoms with Crippen molar-refractivity contribution in [2.75, 3.05) is 0 Å². The van der Waals surface area contributed by atoms with E-state index >= 15 is 0 Å². The van der Waals surface area contributed by atoms with Crippen LogP contribution in [-0.2, 0) is 0 Å². The second-order valence-corrected chi connectivity index (χ2v) is 13.4. The average molecular weight is 658 g/mol. The van der Waals surface area contributed by atoms with E-state index in [-0.39, 0.29) is 0 Å². The Morgan fingerprint density at radius 2 is 1.08 bits per heavy atom. The van der Waals surface area contributed by atoms with Gasteiger partial charge >= 0.3 is 0 Å². The molecule has 6 aromatic carbocycles. The Balaban J connectivity index is 1.25. The molecule has 5 aromatic heterocycles. The number of aromatic nitrogens is 5. The van der Waals surface area contributed by atoms with Crippen LogP contribution in [0.5, 0.6) is 0 Å². The summed E-state index contributed by atoms with van der Waals surface area (Å²) >= 11 is 1.67. The fraction of sp³-hybridized carbons (Fsp3) is 0. The van der Waals surface area contributed by atoms with E-state index in [2.05, 4.69) is 176 Å². The third-order valence-corrected chi connectivity index (χ3v) is 10.8. The lowest BCUT2D eigenvalue weighted by molar-refractivity contribution is 1.02. The Labute approximate surface area is 290 Å². The lowest BCUT2D eigenvalue weighted by Gasteiger charge is -2.14. The average Bonchev–Trinajstić information content (AvgIpc) is 3.97. The van der Waals surface area contributed by atoms with Gasteiger partial charge in [0.05, 0.1) is 38.8 Å². The minimum absolute atomic E-state index is 0.663. The SMILES string of the molecule is c1ccc(-n2ccc3c2ccc2c4ccccc4n(-c4nc(-c5cccc6c7ccccc7n(-c7ccccc7)c56)c5cscc5n4)c23)cc1. The van der Waals surface area contributed by atoms with Gasteiger partial charge in [0.1, 0.15) is 0 Å². The number of fused-ring (bicyclic) bond motifs is 9. The van der Waals surface area contributed by atoms with Crippen molar-refractivity contribution in [3.05, 3.63) is 163 Å². The smallest absolute Gasteiger partial charge is 0.235 e. The fourth-order valence-corrected chi connectivity index (χ4v) is 8.65. The predicted octanol–water partition coefficient (Wildman–Crippen LogP) is 11.5. The van der Waals surface area contributed by atoms with E-state index < -0.39 is 0 Å². The number of hydrogen-bond acceptors (Lipinski definition) is 3. The Kier molecular flexibility index (Phi) is 5.76. The van der Waals surface area contributed by atoms with Gasteiger partial charge in [-0.2, -0.15) is 0 Å². The van der Waals surface area contributed by atoms with Crippen molar-refractivity contribution >= 4 is 76.8 Å². The van der Waals surface area contributed by atoms with Gasteiger partial charge in [0.25, 0.3) is 0 Å². The first-order valence-corrected chi connectivity index (χ1v) is 17.7. The lowest BCUT2D eigenvalue weighted by Crippen LogP contribution is -2.04. The molecule has 0 saturated heterocycles. The maximum absolute atomic E-state index is 5.55.